The summed E-state index contributed by atoms with van der Waals surface area (Å²) in [5.41, 5.74) is 0. The van der Waals surface area contributed by atoms with E-state index in [-0.39, 0.29) is 0 Å². The lowest BCUT2D eigenvalue weighted by Gasteiger charge is -2.10. The van der Waals surface area contributed by atoms with Crippen molar-refractivity contribution in [2.24, 2.45) is 5.92 Å². The number of rotatable bonds is 13. The van der Waals surface area contributed by atoms with Crippen LogP contribution in [0.3, 0.4) is 0 Å². The fourth-order valence-corrected chi connectivity index (χ4v) is 2.56. The summed E-state index contributed by atoms with van der Waals surface area (Å²) < 4.78 is 0. The van der Waals surface area contributed by atoms with E-state index < -0.39 is 0 Å². The summed E-state index contributed by atoms with van der Waals surface area (Å²) in [5.74, 6) is 3.48. The molecular weight excluding hydrogens is 232 g/mol. The van der Waals surface area contributed by atoms with Crippen molar-refractivity contribution in [2.75, 3.05) is 0 Å². The number of hydrogen-bond donors (Lipinski definition) is 1. The van der Waals surface area contributed by atoms with Crippen molar-refractivity contribution in [2.45, 2.75) is 97.3 Å². The highest BCUT2D eigenvalue weighted by Crippen LogP contribution is 2.18. The van der Waals surface area contributed by atoms with E-state index in [9.17, 15) is 0 Å². The van der Waals surface area contributed by atoms with Gasteiger partial charge in [-0.25, -0.2) is 0 Å². The second-order valence-electron chi connectivity index (χ2n) is 5.74. The van der Waals surface area contributed by atoms with Crippen LogP contribution in [0.4, 0.5) is 0 Å². The minimum atomic E-state index is 0.689. The smallest absolute Gasteiger partial charge is 0.107 e. The summed E-state index contributed by atoms with van der Waals surface area (Å²) in [6.45, 7) is 4.50. The van der Waals surface area contributed by atoms with Crippen LogP contribution >= 0.6 is 0 Å². The Hall–Kier alpha value is -0.640. The van der Waals surface area contributed by atoms with Crippen LogP contribution in [-0.2, 0) is 0 Å². The van der Waals surface area contributed by atoms with Gasteiger partial charge in [0.05, 0.1) is 0 Å². The molecule has 0 rings (SSSR count). The molecule has 1 nitrogen and oxygen atoms in total. The first kappa shape index (κ1) is 18.4. The molecule has 1 atom stereocenters. The molecule has 0 amide bonds. The molecule has 0 saturated heterocycles. The van der Waals surface area contributed by atoms with Gasteiger partial charge in [0.2, 0.25) is 0 Å². The third kappa shape index (κ3) is 13.6. The van der Waals surface area contributed by atoms with Crippen molar-refractivity contribution in [3.8, 4) is 12.0 Å². The highest BCUT2D eigenvalue weighted by Gasteiger charge is 2.04. The Labute approximate surface area is 121 Å². The van der Waals surface area contributed by atoms with E-state index in [4.69, 9.17) is 5.11 Å². The molecule has 1 unspecified atom stereocenters. The fraction of sp³-hybridized carbons (Fsp3) is 0.889. The van der Waals surface area contributed by atoms with E-state index in [0.29, 0.717) is 5.92 Å². The predicted molar refractivity (Wildman–Crippen MR) is 84.6 cm³/mol. The minimum absolute atomic E-state index is 0.689. The number of aliphatic hydroxyl groups is 1. The Morgan fingerprint density at radius 1 is 0.789 bits per heavy atom. The third-order valence-electron chi connectivity index (χ3n) is 4.01. The molecule has 19 heavy (non-hydrogen) atoms. The van der Waals surface area contributed by atoms with Crippen molar-refractivity contribution in [1.29, 1.82) is 0 Å². The Bertz CT molecular complexity index is 224. The Morgan fingerprint density at radius 2 is 1.32 bits per heavy atom. The fourth-order valence-electron chi connectivity index (χ4n) is 2.56. The lowest BCUT2D eigenvalue weighted by atomic mass is 9.95. The lowest BCUT2D eigenvalue weighted by molar-refractivity contribution is 0.443. The van der Waals surface area contributed by atoms with Gasteiger partial charge in [-0.2, -0.15) is 0 Å². The van der Waals surface area contributed by atoms with Gasteiger partial charge in [0.1, 0.15) is 6.11 Å². The molecule has 0 aliphatic heterocycles. The highest BCUT2D eigenvalue weighted by molar-refractivity contribution is 4.91. The first-order valence-corrected chi connectivity index (χ1v) is 8.47. The van der Waals surface area contributed by atoms with E-state index in [1.54, 1.807) is 0 Å². The van der Waals surface area contributed by atoms with E-state index in [1.807, 2.05) is 6.11 Å². The van der Waals surface area contributed by atoms with Gasteiger partial charge in [-0.05, 0) is 12.3 Å². The molecule has 0 spiro atoms. The first-order valence-electron chi connectivity index (χ1n) is 8.47. The predicted octanol–water partition coefficient (Wildman–Crippen LogP) is 6.05. The lowest BCUT2D eigenvalue weighted by Crippen LogP contribution is -1.97. The monoisotopic (exact) mass is 266 g/mol. The van der Waals surface area contributed by atoms with Gasteiger partial charge < -0.3 is 5.11 Å². The summed E-state index contributed by atoms with van der Waals surface area (Å²) in [5, 5.41) is 8.50. The van der Waals surface area contributed by atoms with Crippen molar-refractivity contribution < 1.29 is 5.11 Å². The van der Waals surface area contributed by atoms with E-state index >= 15 is 0 Å². The molecule has 1 heteroatoms. The zero-order valence-electron chi connectivity index (χ0n) is 13.2. The maximum Gasteiger partial charge on any atom is 0.107 e. The first-order chi connectivity index (χ1) is 9.35. The normalized spacial score (nSPS) is 11.9. The van der Waals surface area contributed by atoms with Crippen molar-refractivity contribution in [1.82, 2.24) is 0 Å². The average molecular weight is 266 g/mol. The molecule has 0 aliphatic rings. The molecule has 0 saturated carbocycles. The number of aliphatic hydroxyl groups excluding tert-OH is 1. The summed E-state index contributed by atoms with van der Waals surface area (Å²) in [6, 6.07) is 0. The Balaban J connectivity index is 3.22. The summed E-state index contributed by atoms with van der Waals surface area (Å²) in [7, 11) is 0. The standard InChI is InChI=1S/C18H34O/c1-3-5-6-7-8-9-10-11-12-13-15-18(4-2)16-14-17-19/h18-19H,3-13,15-16H2,1-2H3. The molecule has 0 fully saturated rings. The van der Waals surface area contributed by atoms with Crippen LogP contribution in [0.2, 0.25) is 0 Å². The van der Waals surface area contributed by atoms with Crippen molar-refractivity contribution in [3.05, 3.63) is 0 Å². The van der Waals surface area contributed by atoms with Gasteiger partial charge >= 0.3 is 0 Å². The van der Waals surface area contributed by atoms with Crippen LogP contribution in [0.1, 0.15) is 97.3 Å². The number of unbranched alkanes of at least 4 members (excludes halogenated alkanes) is 9. The molecule has 0 heterocycles. The van der Waals surface area contributed by atoms with Crippen LogP contribution in [-0.4, -0.2) is 5.11 Å². The molecule has 1 N–H and O–H groups in total. The van der Waals surface area contributed by atoms with E-state index in [0.717, 1.165) is 6.42 Å². The van der Waals surface area contributed by atoms with Crippen LogP contribution in [0.25, 0.3) is 0 Å². The third-order valence-corrected chi connectivity index (χ3v) is 4.01. The summed E-state index contributed by atoms with van der Waals surface area (Å²) in [6.07, 6.45) is 19.4. The molecule has 0 aromatic carbocycles. The van der Waals surface area contributed by atoms with E-state index in [1.165, 1.54) is 77.0 Å². The average Bonchev–Trinajstić information content (AvgIpc) is 2.44. The highest BCUT2D eigenvalue weighted by atomic mass is 16.2. The Morgan fingerprint density at radius 3 is 1.79 bits per heavy atom. The molecule has 0 aromatic rings. The van der Waals surface area contributed by atoms with Crippen molar-refractivity contribution >= 4 is 0 Å². The quantitative estimate of drug-likeness (QED) is 0.318. The molecule has 112 valence electrons. The van der Waals surface area contributed by atoms with Gasteiger partial charge in [0.15, 0.2) is 0 Å². The summed E-state index contributed by atoms with van der Waals surface area (Å²) >= 11 is 0. The number of hydrogen-bond acceptors (Lipinski definition) is 1. The van der Waals surface area contributed by atoms with Gasteiger partial charge in [-0.3, -0.25) is 0 Å². The van der Waals surface area contributed by atoms with Gasteiger partial charge in [-0.1, -0.05) is 90.4 Å². The second-order valence-corrected chi connectivity index (χ2v) is 5.74. The van der Waals surface area contributed by atoms with Gasteiger partial charge in [0.25, 0.3) is 0 Å². The Kier molecular flexibility index (Phi) is 14.9. The molecular formula is C18H34O. The zero-order chi connectivity index (χ0) is 14.2. The van der Waals surface area contributed by atoms with Crippen LogP contribution < -0.4 is 0 Å². The van der Waals surface area contributed by atoms with E-state index in [2.05, 4.69) is 19.8 Å². The minimum Gasteiger partial charge on any atom is -0.462 e. The molecule has 0 aliphatic carbocycles. The van der Waals surface area contributed by atoms with Crippen LogP contribution in [0, 0.1) is 17.9 Å². The van der Waals surface area contributed by atoms with Gasteiger partial charge in [-0.15, -0.1) is 0 Å². The molecule has 0 radical (unpaired) electrons. The van der Waals surface area contributed by atoms with Crippen molar-refractivity contribution in [3.63, 3.8) is 0 Å². The van der Waals surface area contributed by atoms with Gasteiger partial charge in [0, 0.05) is 6.42 Å². The summed E-state index contributed by atoms with van der Waals surface area (Å²) in [4.78, 5) is 0. The SMILES string of the molecule is CCCCCCCCCCCCC(CC)CC#CO. The van der Waals surface area contributed by atoms with Crippen LogP contribution in [0.5, 0.6) is 0 Å². The largest absolute Gasteiger partial charge is 0.462 e. The maximum atomic E-state index is 8.50. The second kappa shape index (κ2) is 15.4. The zero-order valence-corrected chi connectivity index (χ0v) is 13.2. The maximum absolute atomic E-state index is 8.50. The molecule has 0 bridgehead atoms. The molecule has 0 aromatic heterocycles. The van der Waals surface area contributed by atoms with Crippen LogP contribution in [0.15, 0.2) is 0 Å². The topological polar surface area (TPSA) is 20.2 Å².